The number of H-pyrrole nitrogens is 1. The van der Waals surface area contributed by atoms with Gasteiger partial charge in [-0.25, -0.2) is 9.50 Å². The number of imidazole rings is 1. The van der Waals surface area contributed by atoms with E-state index in [9.17, 15) is 4.79 Å². The van der Waals surface area contributed by atoms with Gasteiger partial charge < -0.3 is 19.0 Å². The summed E-state index contributed by atoms with van der Waals surface area (Å²) in [6, 6.07) is 17.4. The van der Waals surface area contributed by atoms with Gasteiger partial charge in [-0.1, -0.05) is 18.2 Å². The Morgan fingerprint density at radius 2 is 2.12 bits per heavy atom. The van der Waals surface area contributed by atoms with Crippen LogP contribution in [0.25, 0.3) is 28.1 Å². The lowest BCUT2D eigenvalue weighted by molar-refractivity contribution is 0.0713. The Balaban J connectivity index is 1.16. The van der Waals surface area contributed by atoms with Gasteiger partial charge in [-0.3, -0.25) is 4.79 Å². The summed E-state index contributed by atoms with van der Waals surface area (Å²) in [4.78, 5) is 22.1. The van der Waals surface area contributed by atoms with Crippen molar-refractivity contribution in [3.63, 3.8) is 0 Å². The number of hydrogen-bond donors (Lipinski definition) is 1. The van der Waals surface area contributed by atoms with Crippen LogP contribution >= 0.6 is 0 Å². The summed E-state index contributed by atoms with van der Waals surface area (Å²) in [6.07, 6.45) is 6.29. The molecule has 5 heterocycles. The Bertz CT molecular complexity index is 1390. The van der Waals surface area contributed by atoms with Crippen LogP contribution in [0.1, 0.15) is 29.8 Å². The first-order chi connectivity index (χ1) is 16.3. The number of hydrogen-bond acceptors (Lipinski definition) is 5. The molecule has 6 rings (SSSR count). The third-order valence-corrected chi connectivity index (χ3v) is 6.18. The highest BCUT2D eigenvalue weighted by molar-refractivity contribution is 5.92. The van der Waals surface area contributed by atoms with Gasteiger partial charge in [0.2, 0.25) is 5.88 Å². The number of para-hydroxylation sites is 1. The van der Waals surface area contributed by atoms with Crippen molar-refractivity contribution in [1.29, 1.82) is 0 Å². The zero-order valence-electron chi connectivity index (χ0n) is 18.0. The van der Waals surface area contributed by atoms with Crippen LogP contribution < -0.4 is 4.74 Å². The van der Waals surface area contributed by atoms with Crippen LogP contribution in [0.5, 0.6) is 5.88 Å². The molecular weight excluding hydrogens is 418 g/mol. The fourth-order valence-electron chi connectivity index (χ4n) is 4.53. The Morgan fingerprint density at radius 1 is 1.18 bits per heavy atom. The van der Waals surface area contributed by atoms with Crippen molar-refractivity contribution in [2.45, 2.75) is 25.3 Å². The molecule has 1 amide bonds. The Kier molecular flexibility index (Phi) is 4.83. The van der Waals surface area contributed by atoms with E-state index >= 15 is 0 Å². The Morgan fingerprint density at radius 3 is 3.00 bits per heavy atom. The molecule has 1 fully saturated rings. The van der Waals surface area contributed by atoms with E-state index in [1.807, 2.05) is 59.5 Å². The maximum Gasteiger partial charge on any atom is 0.270 e. The molecule has 1 N–H and O–H groups in total. The van der Waals surface area contributed by atoms with Crippen molar-refractivity contribution in [2.75, 3.05) is 13.2 Å². The summed E-state index contributed by atoms with van der Waals surface area (Å²) in [5.41, 5.74) is 2.94. The third kappa shape index (κ3) is 3.63. The number of rotatable bonds is 6. The molecule has 166 valence electrons. The minimum atomic E-state index is 0.0518. The maximum atomic E-state index is 12.7. The Labute approximate surface area is 189 Å². The summed E-state index contributed by atoms with van der Waals surface area (Å²) < 4.78 is 13.7. The molecule has 8 heteroatoms. The number of likely N-dealkylation sites (tertiary alicyclic amines) is 1. The van der Waals surface area contributed by atoms with Gasteiger partial charge in [-0.2, -0.15) is 0 Å². The normalized spacial score (nSPS) is 16.1. The fraction of sp³-hybridized carbons (Fsp3) is 0.240. The molecular formula is C25H23N5O3. The smallest absolute Gasteiger partial charge is 0.270 e. The maximum absolute atomic E-state index is 12.7. The number of fused-ring (bicyclic) bond motifs is 2. The van der Waals surface area contributed by atoms with Gasteiger partial charge >= 0.3 is 0 Å². The van der Waals surface area contributed by atoms with Crippen LogP contribution in [0, 0.1) is 0 Å². The fourth-order valence-corrected chi connectivity index (χ4v) is 4.53. The molecule has 5 aromatic rings. The number of aromatic amines is 1. The van der Waals surface area contributed by atoms with Gasteiger partial charge in [-0.15, -0.1) is 5.10 Å². The van der Waals surface area contributed by atoms with Crippen molar-refractivity contribution >= 4 is 22.5 Å². The van der Waals surface area contributed by atoms with E-state index in [2.05, 4.69) is 15.1 Å². The number of carbonyl (C=O) groups excluding carboxylic acids is 1. The Hall–Kier alpha value is -4.07. The number of amides is 1. The molecule has 0 bridgehead atoms. The molecule has 4 aromatic heterocycles. The van der Waals surface area contributed by atoms with E-state index in [1.165, 1.54) is 0 Å². The largest absolute Gasteiger partial charge is 0.477 e. The SMILES string of the molecule is O=C(c1ccc[nH]1)N1CCCC1CCOc1ccc2ncc(-c3cc4ccccc4o3)n2n1. The number of furan rings is 1. The van der Waals surface area contributed by atoms with Crippen molar-refractivity contribution in [1.82, 2.24) is 24.5 Å². The first-order valence-corrected chi connectivity index (χ1v) is 11.2. The molecule has 8 nitrogen and oxygen atoms in total. The van der Waals surface area contributed by atoms with Gasteiger partial charge in [0.1, 0.15) is 17.0 Å². The van der Waals surface area contributed by atoms with Crippen molar-refractivity contribution in [3.8, 4) is 17.3 Å². The van der Waals surface area contributed by atoms with E-state index in [1.54, 1.807) is 16.9 Å². The number of aromatic nitrogens is 4. The first kappa shape index (κ1) is 19.6. The average molecular weight is 441 g/mol. The predicted octanol–water partition coefficient (Wildman–Crippen LogP) is 4.54. The van der Waals surface area contributed by atoms with E-state index in [-0.39, 0.29) is 11.9 Å². The molecule has 1 aliphatic heterocycles. The predicted molar refractivity (Wildman–Crippen MR) is 123 cm³/mol. The summed E-state index contributed by atoms with van der Waals surface area (Å²) in [7, 11) is 0. The third-order valence-electron chi connectivity index (χ3n) is 6.18. The standard InChI is InChI=1S/C25H23N5O3/c31-25(19-7-3-12-26-19)29-13-4-6-18(29)11-14-32-24-10-9-23-27-16-20(30(23)28-24)22-15-17-5-1-2-8-21(17)33-22/h1-3,5,7-10,12,15-16,18,26H,4,6,11,13-14H2. The van der Waals surface area contributed by atoms with Gasteiger partial charge in [0.05, 0.1) is 12.8 Å². The van der Waals surface area contributed by atoms with Crippen LogP contribution in [0.15, 0.2) is 71.4 Å². The second kappa shape index (κ2) is 8.12. The highest BCUT2D eigenvalue weighted by Gasteiger charge is 2.29. The number of benzene rings is 1. The van der Waals surface area contributed by atoms with E-state index in [0.717, 1.165) is 48.1 Å². The van der Waals surface area contributed by atoms with Crippen LogP contribution in [-0.4, -0.2) is 49.6 Å². The highest BCUT2D eigenvalue weighted by Crippen LogP contribution is 2.28. The monoisotopic (exact) mass is 441 g/mol. The summed E-state index contributed by atoms with van der Waals surface area (Å²) in [5.74, 6) is 1.27. The van der Waals surface area contributed by atoms with Gasteiger partial charge in [0, 0.05) is 36.7 Å². The molecule has 1 unspecified atom stereocenters. The van der Waals surface area contributed by atoms with Gasteiger partial charge in [-0.05, 0) is 43.2 Å². The van der Waals surface area contributed by atoms with Gasteiger partial charge in [0.15, 0.2) is 11.4 Å². The van der Waals surface area contributed by atoms with E-state index < -0.39 is 0 Å². The van der Waals surface area contributed by atoms with Crippen LogP contribution in [0.2, 0.25) is 0 Å². The van der Waals surface area contributed by atoms with Crippen LogP contribution in [-0.2, 0) is 0 Å². The van der Waals surface area contributed by atoms with E-state index in [0.29, 0.717) is 23.9 Å². The molecule has 33 heavy (non-hydrogen) atoms. The summed E-state index contributed by atoms with van der Waals surface area (Å²) >= 11 is 0. The molecule has 0 radical (unpaired) electrons. The number of ether oxygens (including phenoxy) is 1. The molecule has 1 aromatic carbocycles. The van der Waals surface area contributed by atoms with E-state index in [4.69, 9.17) is 9.15 Å². The number of nitrogens with zero attached hydrogens (tertiary/aromatic N) is 4. The lowest BCUT2D eigenvalue weighted by Gasteiger charge is -2.24. The molecule has 0 saturated carbocycles. The van der Waals surface area contributed by atoms with Crippen molar-refractivity contribution in [3.05, 3.63) is 72.7 Å². The number of carbonyl (C=O) groups is 1. The zero-order valence-corrected chi connectivity index (χ0v) is 18.0. The van der Waals surface area contributed by atoms with Crippen molar-refractivity contribution < 1.29 is 13.9 Å². The summed E-state index contributed by atoms with van der Waals surface area (Å²) in [5, 5.41) is 5.66. The lowest BCUT2D eigenvalue weighted by atomic mass is 10.1. The van der Waals surface area contributed by atoms with Gasteiger partial charge in [0.25, 0.3) is 5.91 Å². The second-order valence-corrected chi connectivity index (χ2v) is 8.25. The molecule has 1 saturated heterocycles. The van der Waals surface area contributed by atoms with Crippen LogP contribution in [0.4, 0.5) is 0 Å². The minimum absolute atomic E-state index is 0.0518. The lowest BCUT2D eigenvalue weighted by Crippen LogP contribution is -2.36. The first-order valence-electron chi connectivity index (χ1n) is 11.2. The average Bonchev–Trinajstić information content (AvgIpc) is 3.64. The quantitative estimate of drug-likeness (QED) is 0.418. The summed E-state index contributed by atoms with van der Waals surface area (Å²) in [6.45, 7) is 1.26. The topological polar surface area (TPSA) is 88.7 Å². The molecule has 0 spiro atoms. The van der Waals surface area contributed by atoms with Crippen molar-refractivity contribution in [2.24, 2.45) is 0 Å². The zero-order chi connectivity index (χ0) is 22.2. The number of nitrogens with one attached hydrogen (secondary N) is 1. The van der Waals surface area contributed by atoms with Crippen LogP contribution in [0.3, 0.4) is 0 Å². The molecule has 1 atom stereocenters. The highest BCUT2D eigenvalue weighted by atomic mass is 16.5. The second-order valence-electron chi connectivity index (χ2n) is 8.25. The molecule has 1 aliphatic rings. The molecule has 0 aliphatic carbocycles. The minimum Gasteiger partial charge on any atom is -0.477 e.